The van der Waals surface area contributed by atoms with Gasteiger partial charge in [0.1, 0.15) is 0 Å². The summed E-state index contributed by atoms with van der Waals surface area (Å²) < 4.78 is 0. The van der Waals surface area contributed by atoms with Gasteiger partial charge in [-0.15, -0.1) is 0 Å². The Balaban J connectivity index is 2.63. The third kappa shape index (κ3) is 2.32. The first-order valence-corrected chi connectivity index (χ1v) is 6.37. The van der Waals surface area contributed by atoms with Crippen LogP contribution in [0.15, 0.2) is 0 Å². The van der Waals surface area contributed by atoms with Crippen molar-refractivity contribution < 1.29 is 0 Å². The van der Waals surface area contributed by atoms with Gasteiger partial charge in [0, 0.05) is 0 Å². The molecule has 84 valence electrons. The molecule has 1 aliphatic carbocycles. The second-order valence-corrected chi connectivity index (χ2v) is 6.44. The van der Waals surface area contributed by atoms with E-state index in [9.17, 15) is 0 Å². The van der Waals surface area contributed by atoms with Gasteiger partial charge in [0.2, 0.25) is 0 Å². The maximum atomic E-state index is 2.49. The lowest BCUT2D eigenvalue weighted by atomic mass is 9.60. The zero-order valence-corrected chi connectivity index (χ0v) is 10.9. The van der Waals surface area contributed by atoms with Gasteiger partial charge in [0.05, 0.1) is 0 Å². The van der Waals surface area contributed by atoms with Crippen molar-refractivity contribution in [3.63, 3.8) is 0 Å². The molecule has 0 amide bonds. The van der Waals surface area contributed by atoms with Gasteiger partial charge in [-0.05, 0) is 48.3 Å². The molecule has 3 atom stereocenters. The Bertz CT molecular complexity index is 180. The number of hydrogen-bond acceptors (Lipinski definition) is 0. The molecule has 0 saturated heterocycles. The molecule has 1 aliphatic rings. The van der Waals surface area contributed by atoms with Crippen LogP contribution in [-0.2, 0) is 0 Å². The standard InChI is InChI=1S/C14H28/c1-10(2)13-7-8-14(6,11(3)4)9-12(13)5/h10-13H,7-9H2,1-6H3. The molecule has 0 nitrogen and oxygen atoms in total. The Morgan fingerprint density at radius 3 is 2.07 bits per heavy atom. The van der Waals surface area contributed by atoms with E-state index in [0.717, 1.165) is 23.7 Å². The van der Waals surface area contributed by atoms with E-state index in [4.69, 9.17) is 0 Å². The quantitative estimate of drug-likeness (QED) is 0.598. The minimum absolute atomic E-state index is 0.616. The maximum absolute atomic E-state index is 2.49. The minimum Gasteiger partial charge on any atom is -0.0625 e. The third-order valence-electron chi connectivity index (χ3n) is 4.82. The van der Waals surface area contributed by atoms with Crippen molar-refractivity contribution in [3.8, 4) is 0 Å². The molecule has 0 N–H and O–H groups in total. The van der Waals surface area contributed by atoms with E-state index < -0.39 is 0 Å². The van der Waals surface area contributed by atoms with Crippen LogP contribution in [0.2, 0.25) is 0 Å². The molecule has 0 aliphatic heterocycles. The molecule has 0 aromatic carbocycles. The van der Waals surface area contributed by atoms with Crippen molar-refractivity contribution in [2.75, 3.05) is 0 Å². The topological polar surface area (TPSA) is 0 Å². The first kappa shape index (κ1) is 12.1. The van der Waals surface area contributed by atoms with Gasteiger partial charge in [-0.3, -0.25) is 0 Å². The summed E-state index contributed by atoms with van der Waals surface area (Å²) in [6, 6.07) is 0. The summed E-state index contributed by atoms with van der Waals surface area (Å²) in [5.41, 5.74) is 0.616. The Kier molecular flexibility index (Phi) is 3.66. The predicted molar refractivity (Wildman–Crippen MR) is 64.3 cm³/mol. The Labute approximate surface area is 90.5 Å². The lowest BCUT2D eigenvalue weighted by Gasteiger charge is -2.45. The Morgan fingerprint density at radius 1 is 1.14 bits per heavy atom. The van der Waals surface area contributed by atoms with Crippen LogP contribution in [0.5, 0.6) is 0 Å². The van der Waals surface area contributed by atoms with E-state index in [2.05, 4.69) is 41.5 Å². The van der Waals surface area contributed by atoms with Crippen LogP contribution in [0.1, 0.15) is 60.8 Å². The normalized spacial score (nSPS) is 39.4. The highest BCUT2D eigenvalue weighted by atomic mass is 14.4. The fourth-order valence-electron chi connectivity index (χ4n) is 3.28. The van der Waals surface area contributed by atoms with Crippen molar-refractivity contribution >= 4 is 0 Å². The highest BCUT2D eigenvalue weighted by Crippen LogP contribution is 2.48. The van der Waals surface area contributed by atoms with E-state index in [0.29, 0.717) is 5.41 Å². The molecule has 0 aromatic rings. The smallest absolute Gasteiger partial charge is 0.0300 e. The average Bonchev–Trinajstić information content (AvgIpc) is 2.02. The average molecular weight is 196 g/mol. The van der Waals surface area contributed by atoms with Crippen LogP contribution in [0, 0.1) is 29.1 Å². The van der Waals surface area contributed by atoms with Crippen LogP contribution in [0.25, 0.3) is 0 Å². The molecule has 14 heavy (non-hydrogen) atoms. The minimum atomic E-state index is 0.616. The summed E-state index contributed by atoms with van der Waals surface area (Å²) in [5, 5.41) is 0. The predicted octanol–water partition coefficient (Wildman–Crippen LogP) is 4.74. The molecular formula is C14H28. The summed E-state index contributed by atoms with van der Waals surface area (Å²) >= 11 is 0. The van der Waals surface area contributed by atoms with Crippen LogP contribution in [-0.4, -0.2) is 0 Å². The van der Waals surface area contributed by atoms with Gasteiger partial charge in [0.15, 0.2) is 0 Å². The molecule has 0 radical (unpaired) electrons. The number of hydrogen-bond donors (Lipinski definition) is 0. The molecule has 3 unspecified atom stereocenters. The molecule has 0 heterocycles. The van der Waals surface area contributed by atoms with Gasteiger partial charge in [0.25, 0.3) is 0 Å². The molecule has 1 saturated carbocycles. The first-order valence-electron chi connectivity index (χ1n) is 6.37. The first-order chi connectivity index (χ1) is 6.37. The Hall–Kier alpha value is 0. The number of rotatable bonds is 2. The van der Waals surface area contributed by atoms with E-state index in [1.165, 1.54) is 19.3 Å². The second kappa shape index (κ2) is 4.24. The largest absolute Gasteiger partial charge is 0.0625 e. The van der Waals surface area contributed by atoms with Crippen molar-refractivity contribution in [2.45, 2.75) is 60.8 Å². The van der Waals surface area contributed by atoms with Gasteiger partial charge in [-0.2, -0.15) is 0 Å². The molecule has 0 aromatic heterocycles. The monoisotopic (exact) mass is 196 g/mol. The van der Waals surface area contributed by atoms with Gasteiger partial charge < -0.3 is 0 Å². The van der Waals surface area contributed by atoms with Crippen molar-refractivity contribution in [1.29, 1.82) is 0 Å². The maximum Gasteiger partial charge on any atom is -0.0300 e. The summed E-state index contributed by atoms with van der Waals surface area (Å²) in [6.07, 6.45) is 4.33. The summed E-state index contributed by atoms with van der Waals surface area (Å²) in [7, 11) is 0. The van der Waals surface area contributed by atoms with Crippen LogP contribution in [0.3, 0.4) is 0 Å². The summed E-state index contributed by atoms with van der Waals surface area (Å²) in [4.78, 5) is 0. The van der Waals surface area contributed by atoms with Crippen molar-refractivity contribution in [2.24, 2.45) is 29.1 Å². The highest BCUT2D eigenvalue weighted by Gasteiger charge is 2.38. The van der Waals surface area contributed by atoms with Gasteiger partial charge >= 0.3 is 0 Å². The molecular weight excluding hydrogens is 168 g/mol. The van der Waals surface area contributed by atoms with E-state index >= 15 is 0 Å². The van der Waals surface area contributed by atoms with Crippen LogP contribution < -0.4 is 0 Å². The molecule has 0 spiro atoms. The lowest BCUT2D eigenvalue weighted by molar-refractivity contribution is 0.0500. The molecule has 0 heteroatoms. The van der Waals surface area contributed by atoms with Gasteiger partial charge in [-0.25, -0.2) is 0 Å². The summed E-state index contributed by atoms with van der Waals surface area (Å²) in [5.74, 6) is 3.62. The van der Waals surface area contributed by atoms with Crippen LogP contribution in [0.4, 0.5) is 0 Å². The van der Waals surface area contributed by atoms with Crippen molar-refractivity contribution in [1.82, 2.24) is 0 Å². The van der Waals surface area contributed by atoms with E-state index in [1.54, 1.807) is 0 Å². The zero-order valence-electron chi connectivity index (χ0n) is 10.9. The fourth-order valence-corrected chi connectivity index (χ4v) is 3.28. The van der Waals surface area contributed by atoms with Gasteiger partial charge in [-0.1, -0.05) is 41.5 Å². The Morgan fingerprint density at radius 2 is 1.71 bits per heavy atom. The van der Waals surface area contributed by atoms with Crippen LogP contribution >= 0.6 is 0 Å². The molecule has 0 bridgehead atoms. The van der Waals surface area contributed by atoms with Crippen molar-refractivity contribution in [3.05, 3.63) is 0 Å². The lowest BCUT2D eigenvalue weighted by Crippen LogP contribution is -2.36. The fraction of sp³-hybridized carbons (Fsp3) is 1.00. The highest BCUT2D eigenvalue weighted by molar-refractivity contribution is 4.88. The molecule has 1 fully saturated rings. The summed E-state index contributed by atoms with van der Waals surface area (Å²) in [6.45, 7) is 14.5. The van der Waals surface area contributed by atoms with E-state index in [-0.39, 0.29) is 0 Å². The zero-order chi connectivity index (χ0) is 10.9. The van der Waals surface area contributed by atoms with E-state index in [1.807, 2.05) is 0 Å². The SMILES string of the molecule is CC(C)C1CCC(C)(C(C)C)CC1C. The second-order valence-electron chi connectivity index (χ2n) is 6.44. The third-order valence-corrected chi connectivity index (χ3v) is 4.82. The molecule has 1 rings (SSSR count).